The van der Waals surface area contributed by atoms with Crippen molar-refractivity contribution >= 4 is 15.9 Å². The molecule has 0 saturated heterocycles. The molecule has 1 atom stereocenters. The van der Waals surface area contributed by atoms with Gasteiger partial charge in [-0.05, 0) is 47.0 Å². The predicted molar refractivity (Wildman–Crippen MR) is 57.3 cm³/mol. The lowest BCUT2D eigenvalue weighted by atomic mass is 9.90. The third-order valence-corrected chi connectivity index (χ3v) is 2.82. The number of hydrogen-bond acceptors (Lipinski definition) is 2. The topological polar surface area (TPSA) is 46.2 Å². The molecule has 14 heavy (non-hydrogen) atoms. The maximum atomic E-state index is 12.9. The van der Waals surface area contributed by atoms with Gasteiger partial charge in [0.2, 0.25) is 0 Å². The van der Waals surface area contributed by atoms with Crippen LogP contribution in [0.15, 0.2) is 22.7 Å². The molecule has 0 aromatic heterocycles. The zero-order valence-corrected chi connectivity index (χ0v) is 9.51. The van der Waals surface area contributed by atoms with Gasteiger partial charge in [-0.25, -0.2) is 4.39 Å². The number of aliphatic hydroxyl groups excluding tert-OH is 1. The summed E-state index contributed by atoms with van der Waals surface area (Å²) in [4.78, 5) is 0. The van der Waals surface area contributed by atoms with Crippen LogP contribution in [0, 0.1) is 5.82 Å². The number of hydrogen-bond donors (Lipinski definition) is 2. The summed E-state index contributed by atoms with van der Waals surface area (Å²) in [5.41, 5.74) is 6.15. The van der Waals surface area contributed by atoms with Gasteiger partial charge in [-0.1, -0.05) is 6.07 Å². The van der Waals surface area contributed by atoms with Crippen molar-refractivity contribution in [3.63, 3.8) is 0 Å². The fourth-order valence-corrected chi connectivity index (χ4v) is 1.61. The Labute approximate surface area is 91.1 Å². The van der Waals surface area contributed by atoms with Crippen LogP contribution in [0.1, 0.15) is 18.9 Å². The summed E-state index contributed by atoms with van der Waals surface area (Å²) in [6.07, 6.45) is 0.449. The molecule has 0 amide bonds. The molecule has 0 heterocycles. The minimum atomic E-state index is -0.620. The maximum Gasteiger partial charge on any atom is 0.137 e. The summed E-state index contributed by atoms with van der Waals surface area (Å²) in [5.74, 6) is -0.312. The van der Waals surface area contributed by atoms with Crippen LogP contribution >= 0.6 is 15.9 Å². The molecule has 3 N–H and O–H groups in total. The minimum absolute atomic E-state index is 0.0159. The highest BCUT2D eigenvalue weighted by molar-refractivity contribution is 9.10. The first-order valence-electron chi connectivity index (χ1n) is 4.32. The highest BCUT2D eigenvalue weighted by atomic mass is 79.9. The number of nitrogens with two attached hydrogens (primary N) is 1. The Hall–Kier alpha value is -0.450. The lowest BCUT2D eigenvalue weighted by Crippen LogP contribution is -2.34. The fraction of sp³-hybridized carbons (Fsp3) is 0.400. The van der Waals surface area contributed by atoms with E-state index >= 15 is 0 Å². The second kappa shape index (κ2) is 4.38. The smallest absolute Gasteiger partial charge is 0.137 e. The van der Waals surface area contributed by atoms with Crippen LogP contribution in [0.2, 0.25) is 0 Å². The van der Waals surface area contributed by atoms with Gasteiger partial charge in [0, 0.05) is 12.1 Å². The van der Waals surface area contributed by atoms with Crippen molar-refractivity contribution in [1.82, 2.24) is 0 Å². The van der Waals surface area contributed by atoms with E-state index in [0.29, 0.717) is 10.9 Å². The van der Waals surface area contributed by atoms with Crippen LogP contribution < -0.4 is 5.73 Å². The second-order valence-corrected chi connectivity index (χ2v) is 4.37. The predicted octanol–water partition coefficient (Wildman–Crippen LogP) is 2.14. The Morgan fingerprint density at radius 3 is 2.71 bits per heavy atom. The molecule has 4 heteroatoms. The van der Waals surface area contributed by atoms with E-state index in [4.69, 9.17) is 10.8 Å². The van der Waals surface area contributed by atoms with Crippen LogP contribution in [0.5, 0.6) is 0 Å². The van der Waals surface area contributed by atoms with Gasteiger partial charge in [-0.15, -0.1) is 0 Å². The van der Waals surface area contributed by atoms with Gasteiger partial charge >= 0.3 is 0 Å². The van der Waals surface area contributed by atoms with Crippen LogP contribution in [0.3, 0.4) is 0 Å². The van der Waals surface area contributed by atoms with Gasteiger partial charge in [-0.3, -0.25) is 0 Å². The van der Waals surface area contributed by atoms with E-state index in [9.17, 15) is 4.39 Å². The molecule has 0 unspecified atom stereocenters. The van der Waals surface area contributed by atoms with E-state index in [0.717, 1.165) is 5.56 Å². The van der Waals surface area contributed by atoms with E-state index in [1.54, 1.807) is 12.1 Å². The van der Waals surface area contributed by atoms with Crippen LogP contribution in [-0.4, -0.2) is 11.7 Å². The molecule has 0 aliphatic heterocycles. The summed E-state index contributed by atoms with van der Waals surface area (Å²) in [6.45, 7) is 1.82. The molecule has 0 bridgehead atoms. The lowest BCUT2D eigenvalue weighted by Gasteiger charge is -2.24. The molecule has 0 radical (unpaired) electrons. The Kier molecular flexibility index (Phi) is 3.64. The first-order chi connectivity index (χ1) is 6.47. The van der Waals surface area contributed by atoms with Crippen molar-refractivity contribution in [2.75, 3.05) is 6.61 Å². The summed E-state index contributed by atoms with van der Waals surface area (Å²) in [6, 6.07) is 4.64. The number of halogens is 2. The SMILES string of the molecule is C[C@](N)(CCO)c1ccc(F)c(Br)c1. The zero-order valence-electron chi connectivity index (χ0n) is 7.93. The van der Waals surface area contributed by atoms with Crippen molar-refractivity contribution in [3.8, 4) is 0 Å². The zero-order chi connectivity index (χ0) is 10.8. The van der Waals surface area contributed by atoms with E-state index in [1.807, 2.05) is 6.92 Å². The molecule has 2 nitrogen and oxygen atoms in total. The van der Waals surface area contributed by atoms with Crippen molar-refractivity contribution in [1.29, 1.82) is 0 Å². The summed E-state index contributed by atoms with van der Waals surface area (Å²) < 4.78 is 13.3. The summed E-state index contributed by atoms with van der Waals surface area (Å²) in [7, 11) is 0. The highest BCUT2D eigenvalue weighted by Crippen LogP contribution is 2.25. The Morgan fingerprint density at radius 2 is 2.21 bits per heavy atom. The Balaban J connectivity index is 3.01. The molecular weight excluding hydrogens is 249 g/mol. The molecule has 78 valence electrons. The van der Waals surface area contributed by atoms with E-state index in [2.05, 4.69) is 15.9 Å². The molecular formula is C10H13BrFNO. The van der Waals surface area contributed by atoms with E-state index in [1.165, 1.54) is 6.07 Å². The monoisotopic (exact) mass is 261 g/mol. The largest absolute Gasteiger partial charge is 0.396 e. The molecule has 0 aliphatic rings. The lowest BCUT2D eigenvalue weighted by molar-refractivity contribution is 0.247. The average molecular weight is 262 g/mol. The van der Waals surface area contributed by atoms with Gasteiger partial charge in [0.05, 0.1) is 4.47 Å². The molecule has 1 aromatic carbocycles. The van der Waals surface area contributed by atoms with Gasteiger partial charge in [0.25, 0.3) is 0 Å². The molecule has 0 fully saturated rings. The fourth-order valence-electron chi connectivity index (χ4n) is 1.23. The van der Waals surface area contributed by atoms with Gasteiger partial charge in [0.15, 0.2) is 0 Å². The normalized spacial score (nSPS) is 15.2. The number of rotatable bonds is 3. The van der Waals surface area contributed by atoms with Gasteiger partial charge in [0.1, 0.15) is 5.82 Å². The third-order valence-electron chi connectivity index (χ3n) is 2.21. The van der Waals surface area contributed by atoms with Crippen molar-refractivity contribution in [2.45, 2.75) is 18.9 Å². The number of aliphatic hydroxyl groups is 1. The maximum absolute atomic E-state index is 12.9. The van der Waals surface area contributed by atoms with Crippen molar-refractivity contribution < 1.29 is 9.50 Å². The van der Waals surface area contributed by atoms with E-state index < -0.39 is 5.54 Å². The summed E-state index contributed by atoms with van der Waals surface area (Å²) >= 11 is 3.10. The first-order valence-corrected chi connectivity index (χ1v) is 5.12. The average Bonchev–Trinajstić information content (AvgIpc) is 2.09. The molecule has 0 spiro atoms. The van der Waals surface area contributed by atoms with Gasteiger partial charge in [-0.2, -0.15) is 0 Å². The van der Waals surface area contributed by atoms with Crippen LogP contribution in [0.4, 0.5) is 4.39 Å². The Morgan fingerprint density at radius 1 is 1.57 bits per heavy atom. The standard InChI is InChI=1S/C10H13BrFNO/c1-10(13,4-5-14)7-2-3-9(12)8(11)6-7/h2-3,6,14H,4-5,13H2,1H3/t10-/m0/s1. The summed E-state index contributed by atoms with van der Waals surface area (Å²) in [5, 5.41) is 8.82. The van der Waals surface area contributed by atoms with Gasteiger partial charge < -0.3 is 10.8 Å². The van der Waals surface area contributed by atoms with Crippen LogP contribution in [0.25, 0.3) is 0 Å². The Bertz CT molecular complexity index is 328. The third kappa shape index (κ3) is 2.53. The second-order valence-electron chi connectivity index (χ2n) is 3.52. The first kappa shape index (κ1) is 11.6. The molecule has 1 rings (SSSR count). The number of benzene rings is 1. The quantitative estimate of drug-likeness (QED) is 0.876. The molecule has 0 aliphatic carbocycles. The van der Waals surface area contributed by atoms with E-state index in [-0.39, 0.29) is 12.4 Å². The molecule has 1 aromatic rings. The molecule has 0 saturated carbocycles. The highest BCUT2D eigenvalue weighted by Gasteiger charge is 2.21. The van der Waals surface area contributed by atoms with Crippen LogP contribution in [-0.2, 0) is 5.54 Å². The van der Waals surface area contributed by atoms with Crippen molar-refractivity contribution in [2.24, 2.45) is 5.73 Å². The van der Waals surface area contributed by atoms with Crippen molar-refractivity contribution in [3.05, 3.63) is 34.1 Å². The minimum Gasteiger partial charge on any atom is -0.396 e.